The Labute approximate surface area is 109 Å². The molecule has 0 aliphatic heterocycles. The third-order valence-electron chi connectivity index (χ3n) is 2.96. The van der Waals surface area contributed by atoms with Gasteiger partial charge in [-0.1, -0.05) is 26.0 Å². The lowest BCUT2D eigenvalue weighted by Gasteiger charge is -2.27. The molecule has 0 spiro atoms. The minimum absolute atomic E-state index is 0.0226. The summed E-state index contributed by atoms with van der Waals surface area (Å²) < 4.78 is 0. The van der Waals surface area contributed by atoms with Crippen LogP contribution in [0, 0.1) is 5.92 Å². The summed E-state index contributed by atoms with van der Waals surface area (Å²) >= 11 is 0. The molecule has 100 valence electrons. The number of nitrogens with one attached hydrogen (secondary N) is 1. The SMILES string of the molecule is CC(C)CNC(=O)C(C)N(C)c1ccccc1N. The van der Waals surface area contributed by atoms with Gasteiger partial charge in [0.25, 0.3) is 0 Å². The van der Waals surface area contributed by atoms with Gasteiger partial charge in [0.15, 0.2) is 0 Å². The van der Waals surface area contributed by atoms with E-state index in [-0.39, 0.29) is 11.9 Å². The molecule has 0 aliphatic rings. The number of hydrogen-bond donors (Lipinski definition) is 2. The quantitative estimate of drug-likeness (QED) is 0.783. The maximum Gasteiger partial charge on any atom is 0.242 e. The average Bonchev–Trinajstić information content (AvgIpc) is 2.34. The number of para-hydroxylation sites is 2. The van der Waals surface area contributed by atoms with Crippen molar-refractivity contribution in [2.24, 2.45) is 5.92 Å². The number of nitrogen functional groups attached to an aromatic ring is 1. The summed E-state index contributed by atoms with van der Waals surface area (Å²) in [5.74, 6) is 0.475. The predicted molar refractivity (Wildman–Crippen MR) is 76.6 cm³/mol. The molecule has 1 unspecified atom stereocenters. The smallest absolute Gasteiger partial charge is 0.242 e. The first-order chi connectivity index (χ1) is 8.43. The van der Waals surface area contributed by atoms with Crippen LogP contribution < -0.4 is 16.0 Å². The van der Waals surface area contributed by atoms with Crippen LogP contribution >= 0.6 is 0 Å². The van der Waals surface area contributed by atoms with E-state index in [1.165, 1.54) is 0 Å². The summed E-state index contributed by atoms with van der Waals surface area (Å²) in [6, 6.07) is 7.32. The van der Waals surface area contributed by atoms with Crippen LogP contribution in [-0.2, 0) is 4.79 Å². The second kappa shape index (κ2) is 6.28. The molecule has 0 fully saturated rings. The number of benzene rings is 1. The Morgan fingerprint density at radius 3 is 2.50 bits per heavy atom. The first kappa shape index (κ1) is 14.4. The number of carbonyl (C=O) groups excluding carboxylic acids is 1. The first-order valence-corrected chi connectivity index (χ1v) is 6.28. The molecule has 1 aromatic rings. The van der Waals surface area contributed by atoms with Gasteiger partial charge in [0.1, 0.15) is 6.04 Å². The van der Waals surface area contributed by atoms with Gasteiger partial charge in [-0.25, -0.2) is 0 Å². The van der Waals surface area contributed by atoms with Crippen molar-refractivity contribution in [1.82, 2.24) is 5.32 Å². The Bertz CT molecular complexity index is 404. The molecule has 0 aliphatic carbocycles. The zero-order valence-electron chi connectivity index (χ0n) is 11.6. The van der Waals surface area contributed by atoms with E-state index in [1.54, 1.807) is 0 Å². The maximum absolute atomic E-state index is 12.0. The molecule has 1 atom stereocenters. The number of carbonyl (C=O) groups is 1. The van der Waals surface area contributed by atoms with Crippen molar-refractivity contribution in [3.8, 4) is 0 Å². The summed E-state index contributed by atoms with van der Waals surface area (Å²) in [7, 11) is 1.88. The molecule has 18 heavy (non-hydrogen) atoms. The first-order valence-electron chi connectivity index (χ1n) is 6.28. The predicted octanol–water partition coefficient (Wildman–Crippen LogP) is 1.87. The summed E-state index contributed by atoms with van der Waals surface area (Å²) in [5.41, 5.74) is 7.47. The number of nitrogens with two attached hydrogens (primary N) is 1. The van der Waals surface area contributed by atoms with Crippen molar-refractivity contribution in [2.75, 3.05) is 24.2 Å². The molecule has 1 amide bonds. The number of likely N-dealkylation sites (N-methyl/N-ethyl adjacent to an activating group) is 1. The normalized spacial score (nSPS) is 12.3. The Morgan fingerprint density at radius 2 is 1.94 bits per heavy atom. The van der Waals surface area contributed by atoms with E-state index in [9.17, 15) is 4.79 Å². The van der Waals surface area contributed by atoms with Crippen molar-refractivity contribution < 1.29 is 4.79 Å². The highest BCUT2D eigenvalue weighted by Gasteiger charge is 2.19. The van der Waals surface area contributed by atoms with Gasteiger partial charge < -0.3 is 16.0 Å². The van der Waals surface area contributed by atoms with Crippen LogP contribution in [0.4, 0.5) is 11.4 Å². The third kappa shape index (κ3) is 3.65. The van der Waals surface area contributed by atoms with Gasteiger partial charge in [-0.3, -0.25) is 4.79 Å². The van der Waals surface area contributed by atoms with Gasteiger partial charge in [0, 0.05) is 13.6 Å². The van der Waals surface area contributed by atoms with Crippen LogP contribution in [0.25, 0.3) is 0 Å². The number of nitrogens with zero attached hydrogens (tertiary/aromatic N) is 1. The largest absolute Gasteiger partial charge is 0.397 e. The molecule has 0 saturated heterocycles. The molecule has 3 N–H and O–H groups in total. The lowest BCUT2D eigenvalue weighted by molar-refractivity contribution is -0.122. The molecular formula is C14H23N3O. The Balaban J connectivity index is 2.69. The summed E-state index contributed by atoms with van der Waals surface area (Å²) in [4.78, 5) is 13.9. The van der Waals surface area contributed by atoms with Gasteiger partial charge >= 0.3 is 0 Å². The van der Waals surface area contributed by atoms with Crippen LogP contribution in [0.5, 0.6) is 0 Å². The van der Waals surface area contributed by atoms with Crippen molar-refractivity contribution in [1.29, 1.82) is 0 Å². The van der Waals surface area contributed by atoms with Gasteiger partial charge in [-0.05, 0) is 25.0 Å². The van der Waals surface area contributed by atoms with Crippen LogP contribution in [0.15, 0.2) is 24.3 Å². The number of amides is 1. The van der Waals surface area contributed by atoms with Crippen molar-refractivity contribution in [2.45, 2.75) is 26.8 Å². The minimum atomic E-state index is -0.242. The lowest BCUT2D eigenvalue weighted by atomic mass is 10.2. The van der Waals surface area contributed by atoms with Crippen LogP contribution in [0.3, 0.4) is 0 Å². The second-order valence-electron chi connectivity index (χ2n) is 4.98. The molecule has 1 aromatic carbocycles. The highest BCUT2D eigenvalue weighted by Crippen LogP contribution is 2.22. The van der Waals surface area contributed by atoms with Crippen LogP contribution in [-0.4, -0.2) is 25.5 Å². The molecule has 0 saturated carbocycles. The maximum atomic E-state index is 12.0. The van der Waals surface area contributed by atoms with Gasteiger partial charge in [0.05, 0.1) is 11.4 Å². The van der Waals surface area contributed by atoms with E-state index in [4.69, 9.17) is 5.73 Å². The molecule has 0 radical (unpaired) electrons. The van der Waals surface area contributed by atoms with E-state index in [0.29, 0.717) is 18.2 Å². The van der Waals surface area contributed by atoms with E-state index in [2.05, 4.69) is 19.2 Å². The van der Waals surface area contributed by atoms with Gasteiger partial charge in [0.2, 0.25) is 5.91 Å². The molecule has 0 heterocycles. The zero-order chi connectivity index (χ0) is 13.7. The Hall–Kier alpha value is -1.71. The molecule has 1 rings (SSSR count). The highest BCUT2D eigenvalue weighted by molar-refractivity contribution is 5.86. The summed E-state index contributed by atoms with van der Waals surface area (Å²) in [5, 5.41) is 2.93. The molecule has 0 bridgehead atoms. The fraction of sp³-hybridized carbons (Fsp3) is 0.500. The Kier molecular flexibility index (Phi) is 5.01. The minimum Gasteiger partial charge on any atom is -0.397 e. The lowest BCUT2D eigenvalue weighted by Crippen LogP contribution is -2.44. The molecular weight excluding hydrogens is 226 g/mol. The average molecular weight is 249 g/mol. The van der Waals surface area contributed by atoms with Gasteiger partial charge in [-0.15, -0.1) is 0 Å². The molecule has 4 heteroatoms. The number of anilines is 2. The van der Waals surface area contributed by atoms with Crippen molar-refractivity contribution in [3.05, 3.63) is 24.3 Å². The van der Waals surface area contributed by atoms with E-state index < -0.39 is 0 Å². The van der Waals surface area contributed by atoms with Crippen molar-refractivity contribution in [3.63, 3.8) is 0 Å². The van der Waals surface area contributed by atoms with Crippen LogP contribution in [0.2, 0.25) is 0 Å². The number of rotatable bonds is 5. The zero-order valence-corrected chi connectivity index (χ0v) is 11.6. The van der Waals surface area contributed by atoms with Crippen molar-refractivity contribution >= 4 is 17.3 Å². The summed E-state index contributed by atoms with van der Waals surface area (Å²) in [6.45, 7) is 6.72. The summed E-state index contributed by atoms with van der Waals surface area (Å²) in [6.07, 6.45) is 0. The van der Waals surface area contributed by atoms with E-state index >= 15 is 0 Å². The van der Waals surface area contributed by atoms with Gasteiger partial charge in [-0.2, -0.15) is 0 Å². The molecule has 4 nitrogen and oxygen atoms in total. The third-order valence-corrected chi connectivity index (χ3v) is 2.96. The van der Waals surface area contributed by atoms with E-state index in [0.717, 1.165) is 5.69 Å². The fourth-order valence-corrected chi connectivity index (χ4v) is 1.65. The fourth-order valence-electron chi connectivity index (χ4n) is 1.65. The van der Waals surface area contributed by atoms with Crippen LogP contribution in [0.1, 0.15) is 20.8 Å². The number of hydrogen-bond acceptors (Lipinski definition) is 3. The second-order valence-corrected chi connectivity index (χ2v) is 4.98. The molecule has 0 aromatic heterocycles. The topological polar surface area (TPSA) is 58.4 Å². The Morgan fingerprint density at radius 1 is 1.33 bits per heavy atom. The standard InChI is InChI=1S/C14H23N3O/c1-10(2)9-16-14(18)11(3)17(4)13-8-6-5-7-12(13)15/h5-8,10-11H,9,15H2,1-4H3,(H,16,18). The highest BCUT2D eigenvalue weighted by atomic mass is 16.2. The van der Waals surface area contributed by atoms with E-state index in [1.807, 2.05) is 43.1 Å². The monoisotopic (exact) mass is 249 g/mol.